The van der Waals surface area contributed by atoms with Crippen LogP contribution in [0.3, 0.4) is 0 Å². The lowest BCUT2D eigenvalue weighted by atomic mass is 10.2. The number of carbonyl (C=O) groups is 1. The van der Waals surface area contributed by atoms with Crippen molar-refractivity contribution in [2.75, 3.05) is 5.32 Å². The molecule has 0 saturated heterocycles. The van der Waals surface area contributed by atoms with Gasteiger partial charge in [-0.15, -0.1) is 11.3 Å². The molecule has 0 aliphatic heterocycles. The molecular formula is C13H13NO2S. The van der Waals surface area contributed by atoms with E-state index in [0.29, 0.717) is 5.75 Å². The summed E-state index contributed by atoms with van der Waals surface area (Å²) in [5.74, 6) is 0.538. The molecule has 1 aromatic heterocycles. The van der Waals surface area contributed by atoms with Gasteiger partial charge in [0.15, 0.2) is 0 Å². The number of nitrogens with one attached hydrogen (secondary N) is 1. The zero-order valence-corrected chi connectivity index (χ0v) is 10.5. The van der Waals surface area contributed by atoms with Crippen molar-refractivity contribution in [3.63, 3.8) is 0 Å². The Morgan fingerprint density at radius 1 is 1.24 bits per heavy atom. The molecule has 2 aromatic rings. The Balaban J connectivity index is 2.01. The second-order valence-electron chi connectivity index (χ2n) is 3.70. The summed E-state index contributed by atoms with van der Waals surface area (Å²) in [6.07, 6.45) is -0.457. The monoisotopic (exact) mass is 247 g/mol. The maximum Gasteiger partial charge on any atom is 0.417 e. The average molecular weight is 247 g/mol. The molecule has 17 heavy (non-hydrogen) atoms. The van der Waals surface area contributed by atoms with Crippen LogP contribution in [-0.4, -0.2) is 6.09 Å². The smallest absolute Gasteiger partial charge is 0.410 e. The van der Waals surface area contributed by atoms with Crippen LogP contribution < -0.4 is 10.1 Å². The van der Waals surface area contributed by atoms with E-state index in [9.17, 15) is 4.79 Å². The van der Waals surface area contributed by atoms with Gasteiger partial charge in [-0.3, -0.25) is 5.32 Å². The maximum atomic E-state index is 11.6. The second-order valence-corrected chi connectivity index (χ2v) is 4.58. The Bertz CT molecular complexity index is 519. The van der Waals surface area contributed by atoms with Gasteiger partial charge in [0.05, 0.1) is 0 Å². The van der Waals surface area contributed by atoms with Crippen LogP contribution in [0.5, 0.6) is 5.75 Å². The summed E-state index contributed by atoms with van der Waals surface area (Å²) in [7, 11) is 0. The third kappa shape index (κ3) is 2.85. The first kappa shape index (κ1) is 11.7. The van der Waals surface area contributed by atoms with Gasteiger partial charge in [0.2, 0.25) is 0 Å². The summed E-state index contributed by atoms with van der Waals surface area (Å²) in [6.45, 7) is 3.99. The molecule has 1 amide bonds. The number of carbonyl (C=O) groups excluding carboxylic acids is 1. The molecule has 0 aliphatic carbocycles. The molecule has 1 aromatic carbocycles. The number of anilines is 1. The molecule has 88 valence electrons. The third-order valence-corrected chi connectivity index (χ3v) is 3.57. The molecular weight excluding hydrogens is 234 g/mol. The minimum absolute atomic E-state index is 0.457. The maximum absolute atomic E-state index is 11.6. The van der Waals surface area contributed by atoms with Gasteiger partial charge in [-0.05, 0) is 42.5 Å². The quantitative estimate of drug-likeness (QED) is 0.871. The Hall–Kier alpha value is -1.81. The molecule has 0 fully saturated rings. The highest BCUT2D eigenvalue weighted by Gasteiger charge is 2.09. The van der Waals surface area contributed by atoms with E-state index in [1.54, 1.807) is 12.1 Å². The highest BCUT2D eigenvalue weighted by atomic mass is 32.1. The van der Waals surface area contributed by atoms with Crippen molar-refractivity contribution in [1.82, 2.24) is 0 Å². The Morgan fingerprint density at radius 2 is 1.94 bits per heavy atom. The molecule has 3 nitrogen and oxygen atoms in total. The molecule has 0 aliphatic rings. The average Bonchev–Trinajstić information content (AvgIpc) is 2.62. The van der Waals surface area contributed by atoms with Crippen molar-refractivity contribution in [2.45, 2.75) is 13.8 Å². The first-order chi connectivity index (χ1) is 8.16. The minimum Gasteiger partial charge on any atom is -0.410 e. The standard InChI is InChI=1S/C13H13NO2S/c1-9-8-17-12(10(9)2)14-13(15)16-11-6-4-3-5-7-11/h3-8H,1-2H3,(H,14,15). The minimum atomic E-state index is -0.457. The number of para-hydroxylation sites is 1. The first-order valence-corrected chi connectivity index (χ1v) is 6.13. The fourth-order valence-corrected chi connectivity index (χ4v) is 2.29. The Kier molecular flexibility index (Phi) is 3.44. The predicted molar refractivity (Wildman–Crippen MR) is 69.9 cm³/mol. The molecule has 1 N–H and O–H groups in total. The van der Waals surface area contributed by atoms with Crippen molar-refractivity contribution >= 4 is 22.4 Å². The van der Waals surface area contributed by atoms with E-state index in [4.69, 9.17) is 4.74 Å². The van der Waals surface area contributed by atoms with Gasteiger partial charge in [0.25, 0.3) is 0 Å². The predicted octanol–water partition coefficient (Wildman–Crippen LogP) is 3.98. The van der Waals surface area contributed by atoms with E-state index in [1.807, 2.05) is 37.4 Å². The molecule has 0 radical (unpaired) electrons. The lowest BCUT2D eigenvalue weighted by Gasteiger charge is -2.05. The number of thiophene rings is 1. The molecule has 1 heterocycles. The largest absolute Gasteiger partial charge is 0.417 e. The molecule has 0 atom stereocenters. The van der Waals surface area contributed by atoms with E-state index >= 15 is 0 Å². The van der Waals surface area contributed by atoms with Gasteiger partial charge < -0.3 is 4.74 Å². The van der Waals surface area contributed by atoms with Crippen LogP contribution in [0.1, 0.15) is 11.1 Å². The number of rotatable bonds is 2. The SMILES string of the molecule is Cc1csc(NC(=O)Oc2ccccc2)c1C. The fourth-order valence-electron chi connectivity index (χ4n) is 1.34. The van der Waals surface area contributed by atoms with Crippen LogP contribution in [0, 0.1) is 13.8 Å². The number of benzene rings is 1. The molecule has 0 spiro atoms. The number of hydrogen-bond donors (Lipinski definition) is 1. The van der Waals surface area contributed by atoms with E-state index in [1.165, 1.54) is 16.9 Å². The van der Waals surface area contributed by atoms with E-state index in [2.05, 4.69) is 5.32 Å². The number of aryl methyl sites for hydroxylation is 1. The number of hydrogen-bond acceptors (Lipinski definition) is 3. The van der Waals surface area contributed by atoms with Crippen LogP contribution in [0.25, 0.3) is 0 Å². The van der Waals surface area contributed by atoms with Gasteiger partial charge in [0, 0.05) is 0 Å². The van der Waals surface area contributed by atoms with Crippen LogP contribution in [-0.2, 0) is 0 Å². The van der Waals surface area contributed by atoms with Crippen molar-refractivity contribution < 1.29 is 9.53 Å². The summed E-state index contributed by atoms with van der Waals surface area (Å²) in [4.78, 5) is 11.6. The van der Waals surface area contributed by atoms with Crippen molar-refractivity contribution in [2.24, 2.45) is 0 Å². The second kappa shape index (κ2) is 5.01. The van der Waals surface area contributed by atoms with E-state index in [0.717, 1.165) is 10.6 Å². The van der Waals surface area contributed by atoms with Crippen LogP contribution in [0.2, 0.25) is 0 Å². The molecule has 0 unspecified atom stereocenters. The van der Waals surface area contributed by atoms with Crippen molar-refractivity contribution in [3.8, 4) is 5.75 Å². The normalized spacial score (nSPS) is 10.0. The Morgan fingerprint density at radius 3 is 2.53 bits per heavy atom. The lowest BCUT2D eigenvalue weighted by Crippen LogP contribution is -2.16. The molecule has 2 rings (SSSR count). The van der Waals surface area contributed by atoms with Crippen molar-refractivity contribution in [1.29, 1.82) is 0 Å². The summed E-state index contributed by atoms with van der Waals surface area (Å²) in [5.41, 5.74) is 2.25. The third-order valence-electron chi connectivity index (χ3n) is 2.45. The molecule has 0 saturated carbocycles. The number of ether oxygens (including phenoxy) is 1. The topological polar surface area (TPSA) is 38.3 Å². The van der Waals surface area contributed by atoms with Gasteiger partial charge in [-0.25, -0.2) is 4.79 Å². The fraction of sp³-hybridized carbons (Fsp3) is 0.154. The van der Waals surface area contributed by atoms with Crippen LogP contribution >= 0.6 is 11.3 Å². The lowest BCUT2D eigenvalue weighted by molar-refractivity contribution is 0.215. The van der Waals surface area contributed by atoms with E-state index < -0.39 is 6.09 Å². The number of amides is 1. The van der Waals surface area contributed by atoms with Gasteiger partial charge in [-0.1, -0.05) is 18.2 Å². The summed E-state index contributed by atoms with van der Waals surface area (Å²) in [5, 5.41) is 5.58. The van der Waals surface area contributed by atoms with Crippen LogP contribution in [0.15, 0.2) is 35.7 Å². The summed E-state index contributed by atoms with van der Waals surface area (Å²) in [6, 6.07) is 9.00. The molecule has 0 bridgehead atoms. The zero-order valence-electron chi connectivity index (χ0n) is 9.69. The van der Waals surface area contributed by atoms with Gasteiger partial charge in [-0.2, -0.15) is 0 Å². The van der Waals surface area contributed by atoms with Crippen LogP contribution in [0.4, 0.5) is 9.80 Å². The summed E-state index contributed by atoms with van der Waals surface area (Å²) >= 11 is 1.50. The highest BCUT2D eigenvalue weighted by Crippen LogP contribution is 2.26. The van der Waals surface area contributed by atoms with Gasteiger partial charge in [0.1, 0.15) is 10.8 Å². The zero-order chi connectivity index (χ0) is 12.3. The van der Waals surface area contributed by atoms with E-state index in [-0.39, 0.29) is 0 Å². The highest BCUT2D eigenvalue weighted by molar-refractivity contribution is 7.14. The molecule has 4 heteroatoms. The Labute approximate surface area is 104 Å². The van der Waals surface area contributed by atoms with Crippen molar-refractivity contribution in [3.05, 3.63) is 46.8 Å². The van der Waals surface area contributed by atoms with Gasteiger partial charge >= 0.3 is 6.09 Å². The summed E-state index contributed by atoms with van der Waals surface area (Å²) < 4.78 is 5.14. The first-order valence-electron chi connectivity index (χ1n) is 5.25.